The Morgan fingerprint density at radius 2 is 2.33 bits per heavy atom. The van der Waals surface area contributed by atoms with Crippen molar-refractivity contribution in [1.82, 2.24) is 0 Å². The minimum absolute atomic E-state index is 0.262. The predicted molar refractivity (Wildman–Crippen MR) is 62.1 cm³/mol. The van der Waals surface area contributed by atoms with E-state index in [0.717, 1.165) is 31.1 Å². The van der Waals surface area contributed by atoms with Crippen molar-refractivity contribution in [3.63, 3.8) is 0 Å². The number of rotatable bonds is 2. The van der Waals surface area contributed by atoms with E-state index in [-0.39, 0.29) is 6.04 Å². The number of ether oxygens (including phenoxy) is 1. The molecule has 0 aliphatic carbocycles. The summed E-state index contributed by atoms with van der Waals surface area (Å²) in [6, 6.07) is 8.23. The van der Waals surface area contributed by atoms with E-state index in [4.69, 9.17) is 22.1 Å². The highest BCUT2D eigenvalue weighted by Gasteiger charge is 2.22. The fourth-order valence-corrected chi connectivity index (χ4v) is 2.20. The van der Waals surface area contributed by atoms with Crippen molar-refractivity contribution in [2.24, 2.45) is 11.7 Å². The summed E-state index contributed by atoms with van der Waals surface area (Å²) < 4.78 is 5.44. The minimum Gasteiger partial charge on any atom is -0.381 e. The maximum atomic E-state index is 6.05. The second-order valence-electron chi connectivity index (χ2n) is 4.12. The van der Waals surface area contributed by atoms with Crippen molar-refractivity contribution >= 4 is 11.6 Å². The molecule has 2 N–H and O–H groups in total. The minimum atomic E-state index is 0.262. The molecule has 0 saturated carbocycles. The molecule has 1 heterocycles. The molecule has 0 spiro atoms. The topological polar surface area (TPSA) is 35.2 Å². The molecule has 15 heavy (non-hydrogen) atoms. The van der Waals surface area contributed by atoms with Gasteiger partial charge in [-0.3, -0.25) is 0 Å². The summed E-state index contributed by atoms with van der Waals surface area (Å²) in [5.41, 5.74) is 7.30. The van der Waals surface area contributed by atoms with E-state index in [1.54, 1.807) is 0 Å². The molecule has 1 saturated heterocycles. The molecule has 2 nitrogen and oxygen atoms in total. The fraction of sp³-hybridized carbons (Fsp3) is 0.500. The zero-order valence-corrected chi connectivity index (χ0v) is 9.41. The molecular formula is C12H16ClNO. The van der Waals surface area contributed by atoms with Crippen LogP contribution in [0, 0.1) is 5.92 Å². The Kier molecular flexibility index (Phi) is 3.62. The lowest BCUT2D eigenvalue weighted by molar-refractivity contribution is 0.0422. The third kappa shape index (κ3) is 2.94. The van der Waals surface area contributed by atoms with E-state index >= 15 is 0 Å². The molecular weight excluding hydrogens is 210 g/mol. The zero-order valence-electron chi connectivity index (χ0n) is 8.66. The van der Waals surface area contributed by atoms with Crippen molar-refractivity contribution in [1.29, 1.82) is 0 Å². The van der Waals surface area contributed by atoms with Crippen molar-refractivity contribution in [3.05, 3.63) is 34.9 Å². The van der Waals surface area contributed by atoms with Gasteiger partial charge in [0.2, 0.25) is 0 Å². The summed E-state index contributed by atoms with van der Waals surface area (Å²) in [6.07, 6.45) is 1.92. The zero-order chi connectivity index (χ0) is 10.7. The third-order valence-corrected chi connectivity index (χ3v) is 3.15. The van der Waals surface area contributed by atoms with E-state index < -0.39 is 0 Å². The van der Waals surface area contributed by atoms with Crippen LogP contribution < -0.4 is 5.73 Å². The van der Waals surface area contributed by atoms with Crippen LogP contribution in [-0.2, 0) is 11.2 Å². The molecule has 2 rings (SSSR count). The van der Waals surface area contributed by atoms with Crippen LogP contribution in [0.15, 0.2) is 24.3 Å². The Morgan fingerprint density at radius 1 is 1.47 bits per heavy atom. The Bertz CT molecular complexity index is 329. The first-order valence-corrected chi connectivity index (χ1v) is 5.71. The standard InChI is InChI=1S/C12H16ClNO/c13-11-3-1-2-9(7-11)6-10-8-15-5-4-12(10)14/h1-3,7,10,12H,4-6,8,14H2/t10-,12+/m0/s1. The Labute approximate surface area is 95.4 Å². The second kappa shape index (κ2) is 4.97. The second-order valence-corrected chi connectivity index (χ2v) is 4.56. The van der Waals surface area contributed by atoms with Crippen LogP contribution in [0.1, 0.15) is 12.0 Å². The molecule has 0 aromatic heterocycles. The molecule has 0 radical (unpaired) electrons. The summed E-state index contributed by atoms with van der Waals surface area (Å²) in [7, 11) is 0. The van der Waals surface area contributed by atoms with Gasteiger partial charge in [0.25, 0.3) is 0 Å². The van der Waals surface area contributed by atoms with Gasteiger partial charge in [-0.15, -0.1) is 0 Å². The predicted octanol–water partition coefficient (Wildman–Crippen LogP) is 2.25. The smallest absolute Gasteiger partial charge is 0.0512 e. The third-order valence-electron chi connectivity index (χ3n) is 2.92. The van der Waals surface area contributed by atoms with Crippen LogP contribution >= 0.6 is 11.6 Å². The number of nitrogens with two attached hydrogens (primary N) is 1. The number of hydrogen-bond acceptors (Lipinski definition) is 2. The molecule has 3 heteroatoms. The molecule has 0 unspecified atom stereocenters. The normalized spacial score (nSPS) is 26.5. The van der Waals surface area contributed by atoms with Gasteiger partial charge in [0, 0.05) is 23.6 Å². The number of halogens is 1. The average Bonchev–Trinajstić information content (AvgIpc) is 2.22. The highest BCUT2D eigenvalue weighted by molar-refractivity contribution is 6.30. The van der Waals surface area contributed by atoms with Crippen LogP contribution in [0.4, 0.5) is 0 Å². The Morgan fingerprint density at radius 3 is 3.07 bits per heavy atom. The largest absolute Gasteiger partial charge is 0.381 e. The van der Waals surface area contributed by atoms with Gasteiger partial charge in [0.1, 0.15) is 0 Å². The summed E-state index contributed by atoms with van der Waals surface area (Å²) in [5, 5.41) is 0.790. The van der Waals surface area contributed by atoms with Gasteiger partial charge in [-0.05, 0) is 30.5 Å². The van der Waals surface area contributed by atoms with Crippen LogP contribution in [-0.4, -0.2) is 19.3 Å². The lowest BCUT2D eigenvalue weighted by atomic mass is 9.90. The Hall–Kier alpha value is -0.570. The SMILES string of the molecule is N[C@@H]1CCOC[C@@H]1Cc1cccc(Cl)c1. The monoisotopic (exact) mass is 225 g/mol. The summed E-state index contributed by atoms with van der Waals surface area (Å²) in [6.45, 7) is 1.57. The van der Waals surface area contributed by atoms with Gasteiger partial charge in [0.15, 0.2) is 0 Å². The van der Waals surface area contributed by atoms with Crippen molar-refractivity contribution in [2.45, 2.75) is 18.9 Å². The first-order chi connectivity index (χ1) is 7.25. The van der Waals surface area contributed by atoms with E-state index in [1.165, 1.54) is 5.56 Å². The van der Waals surface area contributed by atoms with Gasteiger partial charge < -0.3 is 10.5 Å². The van der Waals surface area contributed by atoms with Crippen molar-refractivity contribution in [3.8, 4) is 0 Å². The van der Waals surface area contributed by atoms with Crippen LogP contribution in [0.3, 0.4) is 0 Å². The number of benzene rings is 1. The first-order valence-electron chi connectivity index (χ1n) is 5.33. The van der Waals surface area contributed by atoms with Gasteiger partial charge >= 0.3 is 0 Å². The maximum absolute atomic E-state index is 6.05. The van der Waals surface area contributed by atoms with E-state index in [2.05, 4.69) is 6.07 Å². The molecule has 0 bridgehead atoms. The maximum Gasteiger partial charge on any atom is 0.0512 e. The van der Waals surface area contributed by atoms with Crippen LogP contribution in [0.5, 0.6) is 0 Å². The van der Waals surface area contributed by atoms with Crippen LogP contribution in [0.25, 0.3) is 0 Å². The molecule has 82 valence electrons. The molecule has 1 aliphatic heterocycles. The number of hydrogen-bond donors (Lipinski definition) is 1. The molecule has 1 fully saturated rings. The summed E-state index contributed by atoms with van der Waals surface area (Å²) >= 11 is 5.94. The van der Waals surface area contributed by atoms with E-state index in [0.29, 0.717) is 5.92 Å². The molecule has 1 aliphatic rings. The highest BCUT2D eigenvalue weighted by atomic mass is 35.5. The van der Waals surface area contributed by atoms with Crippen LogP contribution in [0.2, 0.25) is 5.02 Å². The fourth-order valence-electron chi connectivity index (χ4n) is 1.99. The van der Waals surface area contributed by atoms with E-state index in [9.17, 15) is 0 Å². The summed E-state index contributed by atoms with van der Waals surface area (Å²) in [4.78, 5) is 0. The highest BCUT2D eigenvalue weighted by Crippen LogP contribution is 2.20. The molecule has 2 atom stereocenters. The van der Waals surface area contributed by atoms with Gasteiger partial charge in [-0.25, -0.2) is 0 Å². The Balaban J connectivity index is 2.01. The molecule has 1 aromatic rings. The van der Waals surface area contributed by atoms with Gasteiger partial charge in [-0.1, -0.05) is 23.7 Å². The quantitative estimate of drug-likeness (QED) is 0.838. The van der Waals surface area contributed by atoms with Gasteiger partial charge in [-0.2, -0.15) is 0 Å². The van der Waals surface area contributed by atoms with Crippen molar-refractivity contribution < 1.29 is 4.74 Å². The molecule has 0 amide bonds. The average molecular weight is 226 g/mol. The van der Waals surface area contributed by atoms with Gasteiger partial charge in [0.05, 0.1) is 6.61 Å². The first kappa shape index (κ1) is 10.9. The van der Waals surface area contributed by atoms with Crippen molar-refractivity contribution in [2.75, 3.05) is 13.2 Å². The molecule has 1 aromatic carbocycles. The lowest BCUT2D eigenvalue weighted by Gasteiger charge is -2.28. The van der Waals surface area contributed by atoms with E-state index in [1.807, 2.05) is 18.2 Å². The summed E-state index contributed by atoms with van der Waals surface area (Å²) in [5.74, 6) is 0.428. The lowest BCUT2D eigenvalue weighted by Crippen LogP contribution is -2.39.